The number of nitrogens with one attached hydrogen (secondary N) is 1. The Kier molecular flexibility index (Phi) is 2.97. The van der Waals surface area contributed by atoms with Crippen LogP contribution in [0.1, 0.15) is 12.5 Å². The smallest absolute Gasteiger partial charge is 0.0729 e. The molecule has 78 valence electrons. The number of nitrogens with zero attached hydrogens (tertiary/aromatic N) is 3. The molecule has 0 unspecified atom stereocenters. The van der Waals surface area contributed by atoms with Crippen molar-refractivity contribution in [2.45, 2.75) is 20.0 Å². The van der Waals surface area contributed by atoms with Crippen molar-refractivity contribution < 1.29 is 0 Å². The number of aryl methyl sites for hydroxylation is 1. The van der Waals surface area contributed by atoms with E-state index in [9.17, 15) is 0 Å². The molecule has 4 heteroatoms. The van der Waals surface area contributed by atoms with Crippen LogP contribution in [0.25, 0.3) is 0 Å². The van der Waals surface area contributed by atoms with E-state index < -0.39 is 0 Å². The summed E-state index contributed by atoms with van der Waals surface area (Å²) < 4.78 is 1.90. The topological polar surface area (TPSA) is 42.7 Å². The molecular formula is C11H14N4. The maximum atomic E-state index is 4.19. The quantitative estimate of drug-likeness (QED) is 0.823. The summed E-state index contributed by atoms with van der Waals surface area (Å²) in [4.78, 5) is 3.97. The lowest BCUT2D eigenvalue weighted by Gasteiger charge is -2.02. The highest BCUT2D eigenvalue weighted by Gasteiger charge is 1.96. The third-order valence-corrected chi connectivity index (χ3v) is 2.20. The molecule has 0 aliphatic carbocycles. The van der Waals surface area contributed by atoms with Gasteiger partial charge < -0.3 is 5.32 Å². The highest BCUT2D eigenvalue weighted by molar-refractivity contribution is 5.38. The van der Waals surface area contributed by atoms with E-state index in [0.29, 0.717) is 0 Å². The zero-order chi connectivity index (χ0) is 10.5. The maximum Gasteiger partial charge on any atom is 0.0729 e. The largest absolute Gasteiger partial charge is 0.378 e. The molecule has 0 aliphatic heterocycles. The van der Waals surface area contributed by atoms with Crippen molar-refractivity contribution in [3.05, 3.63) is 42.5 Å². The lowest BCUT2D eigenvalue weighted by molar-refractivity contribution is 0.660. The van der Waals surface area contributed by atoms with Crippen molar-refractivity contribution in [3.63, 3.8) is 0 Å². The molecule has 0 bridgehead atoms. The summed E-state index contributed by atoms with van der Waals surface area (Å²) in [5, 5.41) is 7.49. The van der Waals surface area contributed by atoms with Gasteiger partial charge in [-0.1, -0.05) is 0 Å². The number of anilines is 1. The van der Waals surface area contributed by atoms with E-state index in [2.05, 4.69) is 22.3 Å². The predicted octanol–water partition coefficient (Wildman–Crippen LogP) is 1.91. The van der Waals surface area contributed by atoms with Crippen LogP contribution in [0.4, 0.5) is 5.69 Å². The highest BCUT2D eigenvalue weighted by Crippen LogP contribution is 2.07. The molecule has 0 radical (unpaired) electrons. The molecule has 0 saturated heterocycles. The Morgan fingerprint density at radius 1 is 1.33 bits per heavy atom. The zero-order valence-electron chi connectivity index (χ0n) is 8.72. The van der Waals surface area contributed by atoms with Gasteiger partial charge in [0, 0.05) is 31.7 Å². The lowest BCUT2D eigenvalue weighted by atomic mass is 10.3. The molecule has 4 nitrogen and oxygen atoms in total. The van der Waals surface area contributed by atoms with Gasteiger partial charge in [0.15, 0.2) is 0 Å². The Morgan fingerprint density at radius 3 is 2.80 bits per heavy atom. The fraction of sp³-hybridized carbons (Fsp3) is 0.273. The van der Waals surface area contributed by atoms with Crippen LogP contribution in [-0.2, 0) is 13.1 Å². The molecule has 0 amide bonds. The molecule has 0 saturated carbocycles. The third-order valence-electron chi connectivity index (χ3n) is 2.20. The first-order valence-corrected chi connectivity index (χ1v) is 5.03. The summed E-state index contributed by atoms with van der Waals surface area (Å²) in [5.41, 5.74) is 2.27. The van der Waals surface area contributed by atoms with Crippen molar-refractivity contribution >= 4 is 5.69 Å². The van der Waals surface area contributed by atoms with Crippen LogP contribution >= 0.6 is 0 Å². The monoisotopic (exact) mass is 202 g/mol. The van der Waals surface area contributed by atoms with Gasteiger partial charge in [-0.2, -0.15) is 5.10 Å². The van der Waals surface area contributed by atoms with E-state index in [1.165, 1.54) is 5.56 Å². The van der Waals surface area contributed by atoms with Crippen molar-refractivity contribution in [2.75, 3.05) is 5.32 Å². The van der Waals surface area contributed by atoms with Crippen molar-refractivity contribution in [3.8, 4) is 0 Å². The lowest BCUT2D eigenvalue weighted by Crippen LogP contribution is -1.98. The minimum absolute atomic E-state index is 0.803. The van der Waals surface area contributed by atoms with Gasteiger partial charge in [0.05, 0.1) is 11.9 Å². The van der Waals surface area contributed by atoms with Crippen molar-refractivity contribution in [2.24, 2.45) is 0 Å². The standard InChI is InChI=1S/C11H14N4/c1-2-15-9-11(8-14-15)13-7-10-3-5-12-6-4-10/h3-6,8-9,13H,2,7H2,1H3. The van der Waals surface area contributed by atoms with Crippen LogP contribution in [0.5, 0.6) is 0 Å². The number of pyridine rings is 1. The van der Waals surface area contributed by atoms with Gasteiger partial charge in [-0.3, -0.25) is 9.67 Å². The fourth-order valence-electron chi connectivity index (χ4n) is 1.33. The molecule has 0 spiro atoms. The summed E-state index contributed by atoms with van der Waals surface area (Å²) in [6.45, 7) is 3.77. The van der Waals surface area contributed by atoms with Crippen LogP contribution in [0, 0.1) is 0 Å². The summed E-state index contributed by atoms with van der Waals surface area (Å²) in [5.74, 6) is 0. The molecule has 2 heterocycles. The summed E-state index contributed by atoms with van der Waals surface area (Å²) in [7, 11) is 0. The number of hydrogen-bond acceptors (Lipinski definition) is 3. The molecule has 0 aromatic carbocycles. The first-order chi connectivity index (χ1) is 7.38. The SMILES string of the molecule is CCn1cc(NCc2ccncc2)cn1. The summed E-state index contributed by atoms with van der Waals surface area (Å²) >= 11 is 0. The van der Waals surface area contributed by atoms with Crippen LogP contribution in [0.2, 0.25) is 0 Å². The average Bonchev–Trinajstić information content (AvgIpc) is 2.76. The first-order valence-electron chi connectivity index (χ1n) is 5.03. The van der Waals surface area contributed by atoms with Gasteiger partial charge in [0.2, 0.25) is 0 Å². The third kappa shape index (κ3) is 2.56. The van der Waals surface area contributed by atoms with E-state index in [-0.39, 0.29) is 0 Å². The summed E-state index contributed by atoms with van der Waals surface area (Å²) in [6, 6.07) is 3.99. The Bertz CT molecular complexity index is 408. The normalized spacial score (nSPS) is 10.2. The summed E-state index contributed by atoms with van der Waals surface area (Å²) in [6.07, 6.45) is 7.44. The van der Waals surface area contributed by atoms with Crippen LogP contribution in [-0.4, -0.2) is 14.8 Å². The van der Waals surface area contributed by atoms with Gasteiger partial charge >= 0.3 is 0 Å². The predicted molar refractivity (Wildman–Crippen MR) is 59.5 cm³/mol. The zero-order valence-corrected chi connectivity index (χ0v) is 8.72. The van der Waals surface area contributed by atoms with E-state index in [1.807, 2.05) is 29.2 Å². The van der Waals surface area contributed by atoms with E-state index in [0.717, 1.165) is 18.8 Å². The van der Waals surface area contributed by atoms with Gasteiger partial charge in [-0.05, 0) is 24.6 Å². The maximum absolute atomic E-state index is 4.19. The minimum Gasteiger partial charge on any atom is -0.378 e. The number of hydrogen-bond donors (Lipinski definition) is 1. The number of rotatable bonds is 4. The van der Waals surface area contributed by atoms with Crippen LogP contribution in [0.3, 0.4) is 0 Å². The molecule has 0 atom stereocenters. The second-order valence-electron chi connectivity index (χ2n) is 3.29. The van der Waals surface area contributed by atoms with E-state index >= 15 is 0 Å². The molecule has 2 aromatic heterocycles. The molecule has 0 fully saturated rings. The molecule has 0 aliphatic rings. The Labute approximate surface area is 89.0 Å². The average molecular weight is 202 g/mol. The van der Waals surface area contributed by atoms with E-state index in [1.54, 1.807) is 12.4 Å². The van der Waals surface area contributed by atoms with Gasteiger partial charge in [-0.15, -0.1) is 0 Å². The van der Waals surface area contributed by atoms with Crippen molar-refractivity contribution in [1.82, 2.24) is 14.8 Å². The first kappa shape index (κ1) is 9.71. The molecule has 2 aromatic rings. The molecule has 15 heavy (non-hydrogen) atoms. The van der Waals surface area contributed by atoms with Gasteiger partial charge in [-0.25, -0.2) is 0 Å². The second kappa shape index (κ2) is 4.59. The molecule has 2 rings (SSSR count). The Morgan fingerprint density at radius 2 is 2.13 bits per heavy atom. The molecule has 1 N–H and O–H groups in total. The second-order valence-corrected chi connectivity index (χ2v) is 3.29. The Hall–Kier alpha value is -1.84. The molecular weight excluding hydrogens is 188 g/mol. The van der Waals surface area contributed by atoms with Gasteiger partial charge in [0.25, 0.3) is 0 Å². The number of aromatic nitrogens is 3. The van der Waals surface area contributed by atoms with Crippen LogP contribution in [0.15, 0.2) is 36.9 Å². The highest BCUT2D eigenvalue weighted by atomic mass is 15.3. The Balaban J connectivity index is 1.93. The van der Waals surface area contributed by atoms with Crippen molar-refractivity contribution in [1.29, 1.82) is 0 Å². The van der Waals surface area contributed by atoms with Crippen LogP contribution < -0.4 is 5.32 Å². The van der Waals surface area contributed by atoms with E-state index in [4.69, 9.17) is 0 Å². The minimum atomic E-state index is 0.803. The fourth-order valence-corrected chi connectivity index (χ4v) is 1.33. The van der Waals surface area contributed by atoms with Gasteiger partial charge in [0.1, 0.15) is 0 Å².